The molecule has 4 heteroatoms. The molecule has 0 aliphatic carbocycles. The Morgan fingerprint density at radius 3 is 2.50 bits per heavy atom. The molecule has 1 N–H and O–H groups in total. The normalized spacial score (nSPS) is 15.5. The van der Waals surface area contributed by atoms with Crippen molar-refractivity contribution in [1.29, 1.82) is 0 Å². The van der Waals surface area contributed by atoms with E-state index in [4.69, 9.17) is 5.11 Å². The van der Waals surface area contributed by atoms with E-state index < -0.39 is 6.61 Å². The first-order valence-corrected chi connectivity index (χ1v) is 8.65. The predicted octanol–water partition coefficient (Wildman–Crippen LogP) is 3.07. The zero-order valence-electron chi connectivity index (χ0n) is 13.7. The number of para-hydroxylation sites is 1. The zero-order valence-corrected chi connectivity index (χ0v) is 13.7. The summed E-state index contributed by atoms with van der Waals surface area (Å²) in [7, 11) is 0. The molecule has 2 aromatic carbocycles. The van der Waals surface area contributed by atoms with Gasteiger partial charge in [0.25, 0.3) is 0 Å². The monoisotopic (exact) mass is 322 g/mol. The molecule has 0 atom stereocenters. The Morgan fingerprint density at radius 1 is 0.958 bits per heavy atom. The van der Waals surface area contributed by atoms with Gasteiger partial charge in [0.15, 0.2) is 5.78 Å². The highest BCUT2D eigenvalue weighted by Gasteiger charge is 2.15. The van der Waals surface area contributed by atoms with Crippen LogP contribution in [0.4, 0.5) is 0 Å². The van der Waals surface area contributed by atoms with Gasteiger partial charge >= 0.3 is 0 Å². The summed E-state index contributed by atoms with van der Waals surface area (Å²) in [5.74, 6) is -0.228. The van der Waals surface area contributed by atoms with Gasteiger partial charge in [0.1, 0.15) is 6.61 Å². The van der Waals surface area contributed by atoms with Gasteiger partial charge in [-0.2, -0.15) is 0 Å². The van der Waals surface area contributed by atoms with Crippen LogP contribution in [0.1, 0.15) is 23.2 Å². The van der Waals surface area contributed by atoms with Crippen molar-refractivity contribution in [3.63, 3.8) is 0 Å². The Labute approximate surface area is 141 Å². The topological polar surface area (TPSA) is 45.5 Å². The fourth-order valence-corrected chi connectivity index (χ4v) is 3.80. The number of aliphatic hydroxyl groups excluding tert-OH is 1. The highest BCUT2D eigenvalue weighted by molar-refractivity contribution is 6.10. The van der Waals surface area contributed by atoms with Crippen molar-refractivity contribution in [2.75, 3.05) is 26.2 Å². The van der Waals surface area contributed by atoms with Crippen LogP contribution in [0.5, 0.6) is 0 Å². The maximum absolute atomic E-state index is 11.9. The van der Waals surface area contributed by atoms with Crippen LogP contribution >= 0.6 is 0 Å². The van der Waals surface area contributed by atoms with Gasteiger partial charge in [-0.25, -0.2) is 0 Å². The van der Waals surface area contributed by atoms with E-state index in [1.807, 2.05) is 18.2 Å². The number of carbonyl (C=O) groups excluding carboxylic acids is 1. The summed E-state index contributed by atoms with van der Waals surface area (Å²) in [6.45, 7) is 3.88. The van der Waals surface area contributed by atoms with E-state index in [0.29, 0.717) is 5.56 Å². The number of likely N-dealkylation sites (tertiary alicyclic amines) is 1. The summed E-state index contributed by atoms with van der Waals surface area (Å²) in [6.07, 6.45) is 2.59. The maximum atomic E-state index is 11.9. The molecule has 0 amide bonds. The highest BCUT2D eigenvalue weighted by atomic mass is 16.3. The van der Waals surface area contributed by atoms with Crippen molar-refractivity contribution < 1.29 is 9.90 Å². The molecule has 124 valence electrons. The van der Waals surface area contributed by atoms with E-state index in [1.165, 1.54) is 42.2 Å². The molecule has 1 aliphatic heterocycles. The number of hydrogen-bond donors (Lipinski definition) is 1. The van der Waals surface area contributed by atoms with E-state index >= 15 is 0 Å². The summed E-state index contributed by atoms with van der Waals surface area (Å²) >= 11 is 0. The number of rotatable bonds is 5. The number of ketones is 1. The van der Waals surface area contributed by atoms with Crippen LogP contribution in [0.3, 0.4) is 0 Å². The molecule has 1 fully saturated rings. The van der Waals surface area contributed by atoms with Gasteiger partial charge in [-0.15, -0.1) is 0 Å². The number of hydrogen-bond acceptors (Lipinski definition) is 3. The second kappa shape index (κ2) is 6.38. The first-order valence-electron chi connectivity index (χ1n) is 8.65. The second-order valence-electron chi connectivity index (χ2n) is 6.53. The standard InChI is InChI=1S/C20H22N2O2/c23-14-20(24)15-7-8-17-16-5-1-2-6-18(16)22(19(17)13-15)12-11-21-9-3-4-10-21/h1-2,5-8,13,23H,3-4,9-12,14H2. The number of nitrogens with zero attached hydrogens (tertiary/aromatic N) is 2. The van der Waals surface area contributed by atoms with E-state index in [1.54, 1.807) is 0 Å². The summed E-state index contributed by atoms with van der Waals surface area (Å²) in [5, 5.41) is 11.5. The minimum absolute atomic E-state index is 0.228. The summed E-state index contributed by atoms with van der Waals surface area (Å²) in [4.78, 5) is 14.4. The highest BCUT2D eigenvalue weighted by Crippen LogP contribution is 2.30. The molecule has 1 saturated heterocycles. The Hall–Kier alpha value is -2.17. The summed E-state index contributed by atoms with van der Waals surface area (Å²) < 4.78 is 2.32. The molecule has 24 heavy (non-hydrogen) atoms. The molecule has 4 nitrogen and oxygen atoms in total. The average Bonchev–Trinajstić information content (AvgIpc) is 3.25. The van der Waals surface area contributed by atoms with Crippen molar-refractivity contribution >= 4 is 27.6 Å². The zero-order chi connectivity index (χ0) is 16.5. The second-order valence-corrected chi connectivity index (χ2v) is 6.53. The number of Topliss-reactive ketones (excluding diaryl/α,β-unsaturated/α-hetero) is 1. The maximum Gasteiger partial charge on any atom is 0.188 e. The fraction of sp³-hybridized carbons (Fsp3) is 0.350. The van der Waals surface area contributed by atoms with Crippen LogP contribution in [-0.2, 0) is 6.54 Å². The lowest BCUT2D eigenvalue weighted by atomic mass is 10.1. The van der Waals surface area contributed by atoms with Gasteiger partial charge in [0, 0.05) is 40.5 Å². The van der Waals surface area contributed by atoms with Crippen LogP contribution in [-0.4, -0.2) is 46.6 Å². The molecule has 0 spiro atoms. The van der Waals surface area contributed by atoms with Gasteiger partial charge in [-0.1, -0.05) is 30.3 Å². The minimum atomic E-state index is -0.445. The van der Waals surface area contributed by atoms with Gasteiger partial charge < -0.3 is 14.6 Å². The number of aromatic nitrogens is 1. The summed E-state index contributed by atoms with van der Waals surface area (Å²) in [6, 6.07) is 14.2. The third kappa shape index (κ3) is 2.62. The fourth-order valence-electron chi connectivity index (χ4n) is 3.80. The van der Waals surface area contributed by atoms with Crippen LogP contribution in [0, 0.1) is 0 Å². The third-order valence-corrected chi connectivity index (χ3v) is 5.08. The van der Waals surface area contributed by atoms with Crippen LogP contribution < -0.4 is 0 Å². The van der Waals surface area contributed by atoms with E-state index in [-0.39, 0.29) is 5.78 Å². The molecule has 2 heterocycles. The Kier molecular flexibility index (Phi) is 4.08. The number of fused-ring (bicyclic) bond motifs is 3. The summed E-state index contributed by atoms with van der Waals surface area (Å²) in [5.41, 5.74) is 2.87. The van der Waals surface area contributed by atoms with Crippen molar-refractivity contribution in [2.24, 2.45) is 0 Å². The van der Waals surface area contributed by atoms with Crippen molar-refractivity contribution in [3.05, 3.63) is 48.0 Å². The lowest BCUT2D eigenvalue weighted by Gasteiger charge is -2.16. The molecule has 1 aliphatic rings. The van der Waals surface area contributed by atoms with Gasteiger partial charge in [0.2, 0.25) is 0 Å². The van der Waals surface area contributed by atoms with Crippen molar-refractivity contribution in [1.82, 2.24) is 9.47 Å². The Morgan fingerprint density at radius 2 is 1.71 bits per heavy atom. The molecule has 4 rings (SSSR count). The van der Waals surface area contributed by atoms with Crippen LogP contribution in [0.25, 0.3) is 21.8 Å². The molecule has 1 aromatic heterocycles. The first kappa shape index (κ1) is 15.4. The smallest absolute Gasteiger partial charge is 0.188 e. The predicted molar refractivity (Wildman–Crippen MR) is 96.5 cm³/mol. The SMILES string of the molecule is O=C(CO)c1ccc2c3ccccc3n(CCN3CCCC3)c2c1. The van der Waals surface area contributed by atoms with Crippen molar-refractivity contribution in [3.8, 4) is 0 Å². The van der Waals surface area contributed by atoms with E-state index in [0.717, 1.165) is 18.6 Å². The lowest BCUT2D eigenvalue weighted by Crippen LogP contribution is -2.24. The van der Waals surface area contributed by atoms with Crippen molar-refractivity contribution in [2.45, 2.75) is 19.4 Å². The molecule has 0 radical (unpaired) electrons. The van der Waals surface area contributed by atoms with Crippen LogP contribution in [0.2, 0.25) is 0 Å². The van der Waals surface area contributed by atoms with E-state index in [9.17, 15) is 4.79 Å². The first-order chi connectivity index (χ1) is 11.8. The third-order valence-electron chi connectivity index (χ3n) is 5.08. The van der Waals surface area contributed by atoms with Gasteiger partial charge in [0.05, 0.1) is 0 Å². The minimum Gasteiger partial charge on any atom is -0.388 e. The largest absolute Gasteiger partial charge is 0.388 e. The average molecular weight is 322 g/mol. The number of carbonyl (C=O) groups is 1. The molecule has 0 unspecified atom stereocenters. The Bertz CT molecular complexity index is 891. The molecule has 3 aromatic rings. The Balaban J connectivity index is 1.81. The number of benzene rings is 2. The molecule has 0 bridgehead atoms. The van der Waals surface area contributed by atoms with Gasteiger partial charge in [-0.05, 0) is 38.1 Å². The van der Waals surface area contributed by atoms with E-state index in [2.05, 4.69) is 33.7 Å². The molecular formula is C20H22N2O2. The van der Waals surface area contributed by atoms with Crippen LogP contribution in [0.15, 0.2) is 42.5 Å². The lowest BCUT2D eigenvalue weighted by molar-refractivity contribution is 0.0904. The van der Waals surface area contributed by atoms with Gasteiger partial charge in [-0.3, -0.25) is 4.79 Å². The molecular weight excluding hydrogens is 300 g/mol. The number of aliphatic hydroxyl groups is 1. The quantitative estimate of drug-likeness (QED) is 0.734. The molecule has 0 saturated carbocycles.